The normalized spacial score (nSPS) is 15.2. The number of anilines is 6. The van der Waals surface area contributed by atoms with Crippen molar-refractivity contribution in [3.05, 3.63) is 56.3 Å². The van der Waals surface area contributed by atoms with Gasteiger partial charge >= 0.3 is 0 Å². The highest BCUT2D eigenvalue weighted by Crippen LogP contribution is 2.26. The average Bonchev–Trinajstić information content (AvgIpc) is 3.71. The standard InChI is InChI=1S/C31H42N8O4/c1-31(2,3)39(30(42)43)19-12-21-8-10-22(11-9-21)34-26-25(27(40)28(26)41)33-14-13-32-23-20-24(37-15-4-5-16-37)36-29(35-23)38-17-6-7-18-38/h8-11,20,33-34H,4-7,12-19H2,1-3H3,(H,42,43)(H,32,35,36)/p-1. The summed E-state index contributed by atoms with van der Waals surface area (Å²) in [5.74, 6) is 2.44. The fraction of sp³-hybridized carbons (Fsp3) is 0.516. The highest BCUT2D eigenvalue weighted by Gasteiger charge is 2.23. The van der Waals surface area contributed by atoms with Gasteiger partial charge in [0, 0.05) is 63.1 Å². The molecular weight excluding hydrogens is 548 g/mol. The van der Waals surface area contributed by atoms with E-state index in [1.807, 2.05) is 51.1 Å². The van der Waals surface area contributed by atoms with Crippen molar-refractivity contribution in [3.63, 3.8) is 0 Å². The molecule has 12 nitrogen and oxygen atoms in total. The monoisotopic (exact) mass is 589 g/mol. The number of carbonyl (C=O) groups excluding carboxylic acids is 1. The Hall–Kier alpha value is -4.35. The van der Waals surface area contributed by atoms with Gasteiger partial charge < -0.3 is 40.6 Å². The van der Waals surface area contributed by atoms with Gasteiger partial charge in [-0.2, -0.15) is 9.97 Å². The number of amides is 1. The molecular formula is C31H41N8O4-. The summed E-state index contributed by atoms with van der Waals surface area (Å²) in [5.41, 5.74) is 0.460. The van der Waals surface area contributed by atoms with Gasteiger partial charge in [0.1, 0.15) is 29.1 Å². The maximum atomic E-state index is 12.3. The van der Waals surface area contributed by atoms with Crippen molar-refractivity contribution in [3.8, 4) is 0 Å². The molecule has 3 N–H and O–H groups in total. The lowest BCUT2D eigenvalue weighted by molar-refractivity contribution is -0.270. The molecule has 2 saturated heterocycles. The summed E-state index contributed by atoms with van der Waals surface area (Å²) >= 11 is 0. The van der Waals surface area contributed by atoms with Gasteiger partial charge in [-0.05, 0) is 70.6 Å². The van der Waals surface area contributed by atoms with Gasteiger partial charge in [0.2, 0.25) is 5.95 Å². The molecule has 0 unspecified atom stereocenters. The first-order valence-electron chi connectivity index (χ1n) is 15.1. The second-order valence-electron chi connectivity index (χ2n) is 12.2. The molecule has 0 bridgehead atoms. The first-order valence-corrected chi connectivity index (χ1v) is 15.1. The molecule has 2 aliphatic heterocycles. The van der Waals surface area contributed by atoms with Crippen molar-refractivity contribution in [1.29, 1.82) is 0 Å². The van der Waals surface area contributed by atoms with E-state index in [2.05, 4.69) is 25.8 Å². The third-order valence-corrected chi connectivity index (χ3v) is 8.04. The van der Waals surface area contributed by atoms with Crippen LogP contribution in [0.3, 0.4) is 0 Å². The van der Waals surface area contributed by atoms with Gasteiger partial charge in [-0.25, -0.2) is 0 Å². The lowest BCUT2D eigenvalue weighted by Crippen LogP contribution is -2.52. The van der Waals surface area contributed by atoms with E-state index in [4.69, 9.17) is 9.97 Å². The van der Waals surface area contributed by atoms with Crippen molar-refractivity contribution in [2.75, 3.05) is 71.6 Å². The van der Waals surface area contributed by atoms with Crippen LogP contribution in [0, 0.1) is 0 Å². The van der Waals surface area contributed by atoms with Crippen LogP contribution in [-0.4, -0.2) is 72.3 Å². The molecule has 5 rings (SSSR count). The number of benzene rings is 1. The lowest BCUT2D eigenvalue weighted by atomic mass is 10.0. The Morgan fingerprint density at radius 1 is 0.884 bits per heavy atom. The lowest BCUT2D eigenvalue weighted by Gasteiger charge is -2.38. The van der Waals surface area contributed by atoms with Crippen molar-refractivity contribution in [2.45, 2.75) is 58.4 Å². The molecule has 43 heavy (non-hydrogen) atoms. The van der Waals surface area contributed by atoms with Crippen LogP contribution < -0.4 is 41.7 Å². The maximum absolute atomic E-state index is 12.3. The second-order valence-corrected chi connectivity index (χ2v) is 12.2. The van der Waals surface area contributed by atoms with E-state index in [1.165, 1.54) is 17.7 Å². The van der Waals surface area contributed by atoms with Crippen molar-refractivity contribution < 1.29 is 9.90 Å². The topological polar surface area (TPSA) is 146 Å². The largest absolute Gasteiger partial charge is 0.530 e. The van der Waals surface area contributed by atoms with Crippen LogP contribution in [-0.2, 0) is 6.42 Å². The van der Waals surface area contributed by atoms with Crippen LogP contribution in [0.1, 0.15) is 52.0 Å². The first kappa shape index (κ1) is 30.1. The summed E-state index contributed by atoms with van der Waals surface area (Å²) in [6, 6.07) is 9.34. The molecule has 0 spiro atoms. The van der Waals surface area contributed by atoms with E-state index in [9.17, 15) is 19.5 Å². The number of nitrogens with one attached hydrogen (secondary N) is 3. The Morgan fingerprint density at radius 3 is 2.12 bits per heavy atom. The quantitative estimate of drug-likeness (QED) is 0.212. The van der Waals surface area contributed by atoms with Crippen LogP contribution in [0.15, 0.2) is 39.9 Å². The summed E-state index contributed by atoms with van der Waals surface area (Å²) in [7, 11) is 0. The number of rotatable bonds is 12. The van der Waals surface area contributed by atoms with E-state index in [-0.39, 0.29) is 11.4 Å². The van der Waals surface area contributed by atoms with Gasteiger partial charge in [0.15, 0.2) is 0 Å². The third kappa shape index (κ3) is 7.18. The summed E-state index contributed by atoms with van der Waals surface area (Å²) in [6.07, 6.45) is 3.95. The molecule has 1 amide bonds. The Balaban J connectivity index is 1.16. The highest BCUT2D eigenvalue weighted by atomic mass is 16.4. The summed E-state index contributed by atoms with van der Waals surface area (Å²) in [5, 5.41) is 21.0. The molecule has 0 saturated carbocycles. The molecule has 0 aliphatic carbocycles. The number of nitrogens with zero attached hydrogens (tertiary/aromatic N) is 5. The van der Waals surface area contributed by atoms with E-state index < -0.39 is 22.5 Å². The SMILES string of the molecule is CC(C)(C)N(CCc1ccc(Nc2c(NCCNc3cc(N4CCCC4)nc(N4CCCC4)n3)c(=O)c2=O)cc1)C(=O)[O-]. The maximum Gasteiger partial charge on any atom is 0.253 e. The minimum atomic E-state index is -1.20. The molecule has 3 heterocycles. The molecule has 0 atom stereocenters. The van der Waals surface area contributed by atoms with Crippen molar-refractivity contribution in [2.24, 2.45) is 0 Å². The zero-order valence-corrected chi connectivity index (χ0v) is 25.2. The van der Waals surface area contributed by atoms with Crippen LogP contribution >= 0.6 is 0 Å². The Labute approximate surface area is 251 Å². The smallest absolute Gasteiger partial charge is 0.253 e. The van der Waals surface area contributed by atoms with Gasteiger partial charge in [-0.1, -0.05) is 12.1 Å². The van der Waals surface area contributed by atoms with E-state index >= 15 is 0 Å². The first-order chi connectivity index (χ1) is 20.6. The Kier molecular flexibility index (Phi) is 9.02. The van der Waals surface area contributed by atoms with Gasteiger partial charge in [-0.15, -0.1) is 0 Å². The van der Waals surface area contributed by atoms with Crippen LogP contribution in [0.4, 0.5) is 39.4 Å². The van der Waals surface area contributed by atoms with Crippen LogP contribution in [0.25, 0.3) is 0 Å². The number of carbonyl (C=O) groups is 1. The highest BCUT2D eigenvalue weighted by molar-refractivity contribution is 5.78. The molecule has 12 heteroatoms. The van der Waals surface area contributed by atoms with Crippen LogP contribution in [0.5, 0.6) is 0 Å². The fourth-order valence-corrected chi connectivity index (χ4v) is 5.58. The number of carboxylic acid groups (broad SMARTS) is 1. The average molecular weight is 590 g/mol. The summed E-state index contributed by atoms with van der Waals surface area (Å²) < 4.78 is 0. The predicted molar refractivity (Wildman–Crippen MR) is 169 cm³/mol. The minimum absolute atomic E-state index is 0.239. The summed E-state index contributed by atoms with van der Waals surface area (Å²) in [6.45, 7) is 10.6. The zero-order chi connectivity index (χ0) is 30.6. The van der Waals surface area contributed by atoms with Gasteiger partial charge in [-0.3, -0.25) is 9.59 Å². The Bertz CT molecular complexity index is 1450. The molecule has 230 valence electrons. The third-order valence-electron chi connectivity index (χ3n) is 8.04. The number of hydrogen-bond acceptors (Lipinski definition) is 11. The van der Waals surface area contributed by atoms with Gasteiger partial charge in [0.25, 0.3) is 10.9 Å². The van der Waals surface area contributed by atoms with E-state index in [0.717, 1.165) is 62.2 Å². The molecule has 2 aromatic carbocycles. The molecule has 2 aliphatic rings. The predicted octanol–water partition coefficient (Wildman–Crippen LogP) is 2.53. The van der Waals surface area contributed by atoms with Crippen molar-refractivity contribution in [1.82, 2.24) is 14.9 Å². The molecule has 0 radical (unpaired) electrons. The number of aromatic nitrogens is 2. The molecule has 3 aromatic rings. The van der Waals surface area contributed by atoms with E-state index in [0.29, 0.717) is 31.7 Å². The van der Waals surface area contributed by atoms with Crippen LogP contribution in [0.2, 0.25) is 0 Å². The zero-order valence-electron chi connectivity index (χ0n) is 25.2. The van der Waals surface area contributed by atoms with Crippen molar-refractivity contribution >= 4 is 40.7 Å². The van der Waals surface area contributed by atoms with Gasteiger partial charge in [0.05, 0.1) is 0 Å². The fourth-order valence-electron chi connectivity index (χ4n) is 5.58. The molecule has 2 fully saturated rings. The molecule has 1 aromatic heterocycles. The number of hydrogen-bond donors (Lipinski definition) is 3. The van der Waals surface area contributed by atoms with E-state index in [1.54, 1.807) is 0 Å². The minimum Gasteiger partial charge on any atom is -0.530 e. The summed E-state index contributed by atoms with van der Waals surface area (Å²) in [4.78, 5) is 51.6. The Morgan fingerprint density at radius 2 is 1.49 bits per heavy atom. The second kappa shape index (κ2) is 12.9.